The molecule has 4 nitrogen and oxygen atoms in total. The Morgan fingerprint density at radius 1 is 1.53 bits per heavy atom. The van der Waals surface area contributed by atoms with Crippen molar-refractivity contribution in [3.05, 3.63) is 16.4 Å². The van der Waals surface area contributed by atoms with E-state index in [-0.39, 0.29) is 6.10 Å². The molecule has 0 radical (unpaired) electrons. The lowest BCUT2D eigenvalue weighted by atomic mass is 9.98. The topological polar surface area (TPSA) is 39.1 Å². The molecule has 1 aromatic heterocycles. The average molecular weight is 286 g/mol. The van der Waals surface area contributed by atoms with Crippen molar-refractivity contribution in [3.8, 4) is 0 Å². The molecule has 1 fully saturated rings. The first-order valence-corrected chi connectivity index (χ1v) is 7.40. The predicted octanol–water partition coefficient (Wildman–Crippen LogP) is 2.33. The fourth-order valence-corrected chi connectivity index (χ4v) is 3.05. The number of nitrogens with zero attached hydrogens (tertiary/aromatic N) is 2. The number of methoxy groups -OCH3 is 1. The molecular weight excluding hydrogens is 262 g/mol. The van der Waals surface area contributed by atoms with Crippen molar-refractivity contribution in [2.75, 3.05) is 13.7 Å². The highest BCUT2D eigenvalue weighted by atomic mass is 35.5. The minimum absolute atomic E-state index is 0.274. The molecule has 1 saturated carbocycles. The standard InChI is InChI=1S/C14H24ClN3O/c1-5-16-12(13(19-4)10-6-7-10)8-11-9(2)17-18(3)14(11)15/h10,12-13,16H,5-8H2,1-4H3. The normalized spacial score (nSPS) is 18.6. The molecule has 0 spiro atoms. The van der Waals surface area contributed by atoms with Crippen LogP contribution in [0.1, 0.15) is 31.0 Å². The molecule has 0 bridgehead atoms. The molecule has 0 amide bonds. The summed E-state index contributed by atoms with van der Waals surface area (Å²) < 4.78 is 7.46. The summed E-state index contributed by atoms with van der Waals surface area (Å²) in [6.45, 7) is 5.08. The Morgan fingerprint density at radius 2 is 2.21 bits per heavy atom. The quantitative estimate of drug-likeness (QED) is 0.836. The maximum absolute atomic E-state index is 6.33. The summed E-state index contributed by atoms with van der Waals surface area (Å²) in [4.78, 5) is 0. The highest BCUT2D eigenvalue weighted by Crippen LogP contribution is 2.36. The van der Waals surface area contributed by atoms with Crippen LogP contribution in [0.25, 0.3) is 0 Å². The molecule has 108 valence electrons. The van der Waals surface area contributed by atoms with Crippen molar-refractivity contribution in [3.63, 3.8) is 0 Å². The van der Waals surface area contributed by atoms with Crippen LogP contribution in [0, 0.1) is 12.8 Å². The first-order valence-electron chi connectivity index (χ1n) is 7.02. The Labute approximate surface area is 120 Å². The molecule has 0 aromatic carbocycles. The van der Waals surface area contributed by atoms with Crippen LogP contribution in [0.5, 0.6) is 0 Å². The van der Waals surface area contributed by atoms with Gasteiger partial charge in [-0.2, -0.15) is 5.10 Å². The number of nitrogens with one attached hydrogen (secondary N) is 1. The minimum atomic E-state index is 0.274. The molecule has 0 saturated heterocycles. The summed E-state index contributed by atoms with van der Waals surface area (Å²) in [6, 6.07) is 0.308. The van der Waals surface area contributed by atoms with E-state index in [0.29, 0.717) is 12.0 Å². The van der Waals surface area contributed by atoms with Gasteiger partial charge in [0.1, 0.15) is 5.15 Å². The summed E-state index contributed by atoms with van der Waals surface area (Å²) in [5.41, 5.74) is 2.15. The summed E-state index contributed by atoms with van der Waals surface area (Å²) >= 11 is 6.33. The first-order chi connectivity index (χ1) is 9.08. The van der Waals surface area contributed by atoms with E-state index in [1.165, 1.54) is 12.8 Å². The largest absolute Gasteiger partial charge is 0.380 e. The third-order valence-electron chi connectivity index (χ3n) is 3.92. The van der Waals surface area contributed by atoms with Crippen molar-refractivity contribution >= 4 is 11.6 Å². The second-order valence-electron chi connectivity index (χ2n) is 5.38. The molecule has 5 heteroatoms. The van der Waals surface area contributed by atoms with Crippen LogP contribution < -0.4 is 5.32 Å². The highest BCUT2D eigenvalue weighted by Gasteiger charge is 2.37. The Bertz CT molecular complexity index is 429. The lowest BCUT2D eigenvalue weighted by molar-refractivity contribution is 0.0515. The van der Waals surface area contributed by atoms with Gasteiger partial charge in [0.15, 0.2) is 0 Å². The van der Waals surface area contributed by atoms with Crippen molar-refractivity contribution in [2.45, 2.75) is 45.3 Å². The van der Waals surface area contributed by atoms with E-state index in [2.05, 4.69) is 17.3 Å². The summed E-state index contributed by atoms with van der Waals surface area (Å²) in [6.07, 6.45) is 3.71. The lowest BCUT2D eigenvalue weighted by Crippen LogP contribution is -2.43. The van der Waals surface area contributed by atoms with Crippen LogP contribution in [0.3, 0.4) is 0 Å². The van der Waals surface area contributed by atoms with E-state index in [1.807, 2.05) is 21.1 Å². The van der Waals surface area contributed by atoms with Gasteiger partial charge >= 0.3 is 0 Å². The van der Waals surface area contributed by atoms with Gasteiger partial charge in [0, 0.05) is 25.8 Å². The molecule has 1 aliphatic carbocycles. The maximum atomic E-state index is 6.33. The number of likely N-dealkylation sites (N-methyl/N-ethyl adjacent to an activating group) is 1. The fraction of sp³-hybridized carbons (Fsp3) is 0.786. The zero-order chi connectivity index (χ0) is 14.0. The van der Waals surface area contributed by atoms with Gasteiger partial charge in [-0.25, -0.2) is 0 Å². The fourth-order valence-electron chi connectivity index (χ4n) is 2.80. The first kappa shape index (κ1) is 14.8. The second-order valence-corrected chi connectivity index (χ2v) is 5.74. The number of rotatable bonds is 7. The number of hydrogen-bond donors (Lipinski definition) is 1. The van der Waals surface area contributed by atoms with Crippen molar-refractivity contribution in [1.29, 1.82) is 0 Å². The van der Waals surface area contributed by atoms with Gasteiger partial charge in [-0.05, 0) is 38.6 Å². The van der Waals surface area contributed by atoms with Gasteiger partial charge in [0.05, 0.1) is 11.8 Å². The van der Waals surface area contributed by atoms with Gasteiger partial charge < -0.3 is 10.1 Å². The van der Waals surface area contributed by atoms with E-state index in [4.69, 9.17) is 16.3 Å². The van der Waals surface area contributed by atoms with Crippen molar-refractivity contribution < 1.29 is 4.74 Å². The third-order valence-corrected chi connectivity index (χ3v) is 4.39. The van der Waals surface area contributed by atoms with E-state index < -0.39 is 0 Å². The number of hydrogen-bond acceptors (Lipinski definition) is 3. The summed E-state index contributed by atoms with van der Waals surface area (Å²) in [5, 5.41) is 8.67. The Kier molecular flexibility index (Phi) is 4.87. The zero-order valence-electron chi connectivity index (χ0n) is 12.2. The maximum Gasteiger partial charge on any atom is 0.130 e. The minimum Gasteiger partial charge on any atom is -0.380 e. The average Bonchev–Trinajstić information content (AvgIpc) is 3.16. The number of aryl methyl sites for hydroxylation is 2. The van der Waals surface area contributed by atoms with Gasteiger partial charge in [-0.15, -0.1) is 0 Å². The van der Waals surface area contributed by atoms with E-state index in [0.717, 1.165) is 29.4 Å². The second kappa shape index (κ2) is 6.25. The van der Waals surface area contributed by atoms with E-state index >= 15 is 0 Å². The summed E-state index contributed by atoms with van der Waals surface area (Å²) in [5.74, 6) is 0.699. The SMILES string of the molecule is CCNC(Cc1c(C)nn(C)c1Cl)C(OC)C1CC1. The monoisotopic (exact) mass is 285 g/mol. The molecule has 1 aliphatic rings. The van der Waals surface area contributed by atoms with Gasteiger partial charge in [0.2, 0.25) is 0 Å². The van der Waals surface area contributed by atoms with Gasteiger partial charge in [-0.3, -0.25) is 4.68 Å². The van der Waals surface area contributed by atoms with E-state index in [1.54, 1.807) is 4.68 Å². The molecule has 2 unspecified atom stereocenters. The van der Waals surface area contributed by atoms with Crippen LogP contribution in [0.4, 0.5) is 0 Å². The third kappa shape index (κ3) is 3.30. The Hall–Kier alpha value is -0.580. The van der Waals surface area contributed by atoms with Crippen LogP contribution >= 0.6 is 11.6 Å². The van der Waals surface area contributed by atoms with Crippen LogP contribution in [-0.2, 0) is 18.2 Å². The van der Waals surface area contributed by atoms with Gasteiger partial charge in [-0.1, -0.05) is 18.5 Å². The molecule has 19 heavy (non-hydrogen) atoms. The number of aromatic nitrogens is 2. The molecule has 0 aliphatic heterocycles. The Balaban J connectivity index is 2.15. The predicted molar refractivity (Wildman–Crippen MR) is 77.6 cm³/mol. The van der Waals surface area contributed by atoms with Gasteiger partial charge in [0.25, 0.3) is 0 Å². The number of ether oxygens (including phenoxy) is 1. The van der Waals surface area contributed by atoms with Crippen LogP contribution in [0.15, 0.2) is 0 Å². The zero-order valence-corrected chi connectivity index (χ0v) is 13.0. The molecule has 1 heterocycles. The molecule has 1 N–H and O–H groups in total. The molecule has 1 aromatic rings. The number of halogens is 1. The Morgan fingerprint density at radius 3 is 2.63 bits per heavy atom. The van der Waals surface area contributed by atoms with E-state index in [9.17, 15) is 0 Å². The van der Waals surface area contributed by atoms with Crippen LogP contribution in [0.2, 0.25) is 5.15 Å². The lowest BCUT2D eigenvalue weighted by Gasteiger charge is -2.27. The molecule has 2 rings (SSSR count). The smallest absolute Gasteiger partial charge is 0.130 e. The molecular formula is C14H24ClN3O. The van der Waals surface area contributed by atoms with Crippen molar-refractivity contribution in [2.24, 2.45) is 13.0 Å². The molecule has 2 atom stereocenters. The highest BCUT2D eigenvalue weighted by molar-refractivity contribution is 6.30. The van der Waals surface area contributed by atoms with Crippen molar-refractivity contribution in [1.82, 2.24) is 15.1 Å². The summed E-state index contributed by atoms with van der Waals surface area (Å²) in [7, 11) is 3.70. The van der Waals surface area contributed by atoms with Crippen LogP contribution in [-0.4, -0.2) is 35.6 Å².